The first-order valence-corrected chi connectivity index (χ1v) is 7.48. The molecule has 0 aliphatic heterocycles. The molecule has 1 aromatic carbocycles. The molecule has 0 saturated carbocycles. The summed E-state index contributed by atoms with van der Waals surface area (Å²) in [5.74, 6) is -1.07. The lowest BCUT2D eigenvalue weighted by atomic mass is 10.2. The van der Waals surface area contributed by atoms with Gasteiger partial charge in [-0.15, -0.1) is 0 Å². The maximum Gasteiger partial charge on any atom is 0.328 e. The van der Waals surface area contributed by atoms with E-state index >= 15 is 0 Å². The van der Waals surface area contributed by atoms with Gasteiger partial charge in [0.1, 0.15) is 0 Å². The third-order valence-corrected chi connectivity index (χ3v) is 3.94. The Balaban J connectivity index is 2.74. The first-order chi connectivity index (χ1) is 9.31. The molecule has 0 radical (unpaired) electrons. The van der Waals surface area contributed by atoms with E-state index in [0.29, 0.717) is 12.0 Å². The van der Waals surface area contributed by atoms with Gasteiger partial charge in [-0.1, -0.05) is 12.1 Å². The van der Waals surface area contributed by atoms with E-state index in [-0.39, 0.29) is 11.4 Å². The highest BCUT2D eigenvalue weighted by Gasteiger charge is 2.13. The molecule has 1 unspecified atom stereocenters. The number of aliphatic carboxylic acids is 1. The summed E-state index contributed by atoms with van der Waals surface area (Å²) in [5, 5.41) is 17.6. The Morgan fingerprint density at radius 2 is 1.95 bits per heavy atom. The maximum atomic E-state index is 11.9. The molecule has 0 saturated heterocycles. The normalized spacial score (nSPS) is 13.5. The van der Waals surface area contributed by atoms with E-state index in [1.54, 1.807) is 6.92 Å². The Hall–Kier alpha value is -1.70. The number of carbonyl (C=O) groups is 1. The summed E-state index contributed by atoms with van der Waals surface area (Å²) in [7, 11) is -3.61. The summed E-state index contributed by atoms with van der Waals surface area (Å²) in [4.78, 5) is 10.5. The molecule has 1 atom stereocenters. The number of carboxylic acids is 1. The lowest BCUT2D eigenvalue weighted by Crippen LogP contribution is -2.26. The van der Waals surface area contributed by atoms with Crippen molar-refractivity contribution in [2.24, 2.45) is 0 Å². The fourth-order valence-corrected chi connectivity index (χ4v) is 2.46. The van der Waals surface area contributed by atoms with Crippen LogP contribution in [0.15, 0.2) is 35.2 Å². The lowest BCUT2D eigenvalue weighted by molar-refractivity contribution is -0.131. The topological polar surface area (TPSA) is 104 Å². The molecular weight excluding hydrogens is 282 g/mol. The molecule has 1 rings (SSSR count). The molecule has 20 heavy (non-hydrogen) atoms. The summed E-state index contributed by atoms with van der Waals surface area (Å²) in [5.41, 5.74) is 0.593. The highest BCUT2D eigenvalue weighted by molar-refractivity contribution is 7.89. The summed E-state index contributed by atoms with van der Waals surface area (Å²) >= 11 is 0. The Morgan fingerprint density at radius 1 is 1.35 bits per heavy atom. The van der Waals surface area contributed by atoms with Crippen LogP contribution in [0.2, 0.25) is 0 Å². The van der Waals surface area contributed by atoms with Gasteiger partial charge in [0.25, 0.3) is 0 Å². The Morgan fingerprint density at radius 3 is 2.45 bits per heavy atom. The van der Waals surface area contributed by atoms with Gasteiger partial charge in [0.2, 0.25) is 10.0 Å². The van der Waals surface area contributed by atoms with Gasteiger partial charge in [0.15, 0.2) is 0 Å². The van der Waals surface area contributed by atoms with Crippen LogP contribution in [0.25, 0.3) is 6.08 Å². The van der Waals surface area contributed by atoms with Crippen LogP contribution in [-0.2, 0) is 14.8 Å². The summed E-state index contributed by atoms with van der Waals surface area (Å²) < 4.78 is 26.1. The van der Waals surface area contributed by atoms with Crippen LogP contribution in [0, 0.1) is 0 Å². The Labute approximate surface area is 117 Å². The predicted molar refractivity (Wildman–Crippen MR) is 74.6 cm³/mol. The first kappa shape index (κ1) is 16.4. The minimum Gasteiger partial charge on any atom is -0.478 e. The first-order valence-electron chi connectivity index (χ1n) is 6.00. The van der Waals surface area contributed by atoms with Gasteiger partial charge in [0, 0.05) is 12.6 Å². The van der Waals surface area contributed by atoms with E-state index in [0.717, 1.165) is 6.08 Å². The second-order valence-corrected chi connectivity index (χ2v) is 6.04. The second-order valence-electron chi connectivity index (χ2n) is 4.28. The van der Waals surface area contributed by atoms with Gasteiger partial charge in [-0.2, -0.15) is 0 Å². The zero-order valence-corrected chi connectivity index (χ0v) is 11.8. The van der Waals surface area contributed by atoms with Gasteiger partial charge >= 0.3 is 5.97 Å². The average Bonchev–Trinajstić information content (AvgIpc) is 2.36. The molecule has 110 valence electrons. The van der Waals surface area contributed by atoms with E-state index in [9.17, 15) is 13.2 Å². The van der Waals surface area contributed by atoms with Crippen LogP contribution >= 0.6 is 0 Å². The van der Waals surface area contributed by atoms with Gasteiger partial charge in [0.05, 0.1) is 11.0 Å². The Kier molecular flexibility index (Phi) is 5.87. The maximum absolute atomic E-state index is 11.9. The molecule has 0 aliphatic rings. The molecule has 0 bridgehead atoms. The third kappa shape index (κ3) is 5.52. The molecule has 6 nitrogen and oxygen atoms in total. The minimum atomic E-state index is -3.61. The summed E-state index contributed by atoms with van der Waals surface area (Å²) in [6.07, 6.45) is 2.11. The van der Waals surface area contributed by atoms with Crippen molar-refractivity contribution in [3.63, 3.8) is 0 Å². The Bertz CT molecular complexity index is 575. The number of nitrogens with one attached hydrogen (secondary N) is 1. The molecule has 3 N–H and O–H groups in total. The average molecular weight is 299 g/mol. The van der Waals surface area contributed by atoms with Crippen molar-refractivity contribution < 1.29 is 23.4 Å². The quantitative estimate of drug-likeness (QED) is 0.647. The van der Waals surface area contributed by atoms with Crippen LogP contribution in [0.5, 0.6) is 0 Å². The molecule has 0 aliphatic carbocycles. The van der Waals surface area contributed by atoms with Crippen molar-refractivity contribution in [3.05, 3.63) is 35.9 Å². The van der Waals surface area contributed by atoms with Crippen LogP contribution in [-0.4, -0.2) is 37.2 Å². The summed E-state index contributed by atoms with van der Waals surface area (Å²) in [6, 6.07) is 5.82. The van der Waals surface area contributed by atoms with Crippen molar-refractivity contribution >= 4 is 22.1 Å². The van der Waals surface area contributed by atoms with Gasteiger partial charge in [-0.3, -0.25) is 0 Å². The highest BCUT2D eigenvalue weighted by atomic mass is 32.2. The number of sulfonamides is 1. The van der Waals surface area contributed by atoms with E-state index in [2.05, 4.69) is 4.72 Å². The monoisotopic (exact) mass is 299 g/mol. The zero-order chi connectivity index (χ0) is 15.2. The number of benzene rings is 1. The van der Waals surface area contributed by atoms with Crippen molar-refractivity contribution in [2.45, 2.75) is 24.3 Å². The summed E-state index contributed by atoms with van der Waals surface area (Å²) in [6.45, 7) is 1.73. The number of aliphatic hydroxyl groups excluding tert-OH is 1. The molecule has 0 heterocycles. The van der Waals surface area contributed by atoms with Gasteiger partial charge in [-0.05, 0) is 37.1 Å². The molecule has 0 spiro atoms. The molecule has 0 fully saturated rings. The van der Waals surface area contributed by atoms with Crippen molar-refractivity contribution in [1.82, 2.24) is 4.72 Å². The number of rotatable bonds is 7. The van der Waals surface area contributed by atoms with E-state index in [4.69, 9.17) is 10.2 Å². The van der Waals surface area contributed by atoms with E-state index in [1.165, 1.54) is 30.3 Å². The van der Waals surface area contributed by atoms with Crippen LogP contribution in [0.4, 0.5) is 0 Å². The lowest BCUT2D eigenvalue weighted by Gasteiger charge is -2.08. The molecule has 0 amide bonds. The molecular formula is C13H17NO5S. The minimum absolute atomic E-state index is 0.0931. The predicted octanol–water partition coefficient (Wildman–Crippen LogP) is 0.834. The number of hydrogen-bond donors (Lipinski definition) is 3. The van der Waals surface area contributed by atoms with E-state index in [1.807, 2.05) is 0 Å². The van der Waals surface area contributed by atoms with Gasteiger partial charge in [-0.25, -0.2) is 17.9 Å². The number of hydrogen-bond acceptors (Lipinski definition) is 4. The van der Waals surface area contributed by atoms with Crippen molar-refractivity contribution in [1.29, 1.82) is 0 Å². The number of carboxylic acid groups (broad SMARTS) is 1. The molecule has 0 aromatic heterocycles. The smallest absolute Gasteiger partial charge is 0.328 e. The van der Waals surface area contributed by atoms with E-state index < -0.39 is 22.1 Å². The van der Waals surface area contributed by atoms with Gasteiger partial charge < -0.3 is 10.2 Å². The second kappa shape index (κ2) is 7.18. The fraction of sp³-hybridized carbons (Fsp3) is 0.308. The van der Waals surface area contributed by atoms with Crippen molar-refractivity contribution in [3.8, 4) is 0 Å². The standard InChI is InChI=1S/C13H17NO5S/c1-10(15)8-9-14-20(18,19)12-5-2-11(3-6-12)4-7-13(16)17/h2-7,10,14-15H,8-9H2,1H3,(H,16,17). The van der Waals surface area contributed by atoms with Crippen molar-refractivity contribution in [2.75, 3.05) is 6.54 Å². The molecule has 1 aromatic rings. The molecule has 7 heteroatoms. The largest absolute Gasteiger partial charge is 0.478 e. The van der Waals surface area contributed by atoms with Crippen LogP contribution in [0.3, 0.4) is 0 Å². The highest BCUT2D eigenvalue weighted by Crippen LogP contribution is 2.11. The fourth-order valence-electron chi connectivity index (χ4n) is 1.41. The zero-order valence-electron chi connectivity index (χ0n) is 11.0. The van der Waals surface area contributed by atoms with Crippen LogP contribution in [0.1, 0.15) is 18.9 Å². The SMILES string of the molecule is CC(O)CCNS(=O)(=O)c1ccc(C=CC(=O)O)cc1. The third-order valence-electron chi connectivity index (χ3n) is 2.46. The van der Waals surface area contributed by atoms with Crippen LogP contribution < -0.4 is 4.72 Å². The number of aliphatic hydroxyl groups is 1.